The van der Waals surface area contributed by atoms with Gasteiger partial charge in [0.1, 0.15) is 28.5 Å². The second-order valence-corrected chi connectivity index (χ2v) is 8.28. The van der Waals surface area contributed by atoms with Gasteiger partial charge in [0.25, 0.3) is 5.56 Å². The van der Waals surface area contributed by atoms with Crippen LogP contribution in [0.15, 0.2) is 51.7 Å². The van der Waals surface area contributed by atoms with E-state index in [0.29, 0.717) is 11.4 Å². The first-order valence-corrected chi connectivity index (χ1v) is 10.2. The Bertz CT molecular complexity index is 1150. The summed E-state index contributed by atoms with van der Waals surface area (Å²) in [6.07, 6.45) is 0. The summed E-state index contributed by atoms with van der Waals surface area (Å²) in [6.45, 7) is 4.41. The van der Waals surface area contributed by atoms with Gasteiger partial charge in [-0.1, -0.05) is 12.1 Å². The lowest BCUT2D eigenvalue weighted by Gasteiger charge is -2.18. The lowest BCUT2D eigenvalue weighted by molar-refractivity contribution is 0.296. The molecule has 3 aromatic rings. The lowest BCUT2D eigenvalue weighted by Crippen LogP contribution is -2.23. The smallest absolute Gasteiger partial charge is 0.273 e. The average Bonchev–Trinajstić information content (AvgIpc) is 2.66. The third-order valence-corrected chi connectivity index (χ3v) is 5.44. The molecule has 0 N–H and O–H groups in total. The van der Waals surface area contributed by atoms with E-state index >= 15 is 0 Å². The first-order chi connectivity index (χ1) is 14.2. The molecule has 0 aliphatic carbocycles. The van der Waals surface area contributed by atoms with Crippen molar-refractivity contribution in [2.75, 3.05) is 14.1 Å². The van der Waals surface area contributed by atoms with E-state index < -0.39 is 11.6 Å². The van der Waals surface area contributed by atoms with Crippen LogP contribution in [0.1, 0.15) is 22.4 Å². The standard InChI is InChI=1S/C23H23BrF2N2O2.ClH/c1-14-5-6-16(12-27(3)4)10-20(14)28-15(2)9-21(22(24)23(28)29)30-13-17-7-8-18(25)11-19(17)26;/h5-11H,12-13H2,1-4H3;1H. The Morgan fingerprint density at radius 1 is 1.06 bits per heavy atom. The Morgan fingerprint density at radius 3 is 2.42 bits per heavy atom. The molecular weight excluding hydrogens is 490 g/mol. The Balaban J connectivity index is 0.00000341. The van der Waals surface area contributed by atoms with E-state index in [9.17, 15) is 13.6 Å². The number of nitrogens with zero attached hydrogens (tertiary/aromatic N) is 2. The van der Waals surface area contributed by atoms with Gasteiger partial charge in [-0.25, -0.2) is 8.78 Å². The van der Waals surface area contributed by atoms with E-state index in [2.05, 4.69) is 20.8 Å². The molecule has 0 saturated heterocycles. The highest BCUT2D eigenvalue weighted by atomic mass is 79.9. The minimum atomic E-state index is -0.690. The van der Waals surface area contributed by atoms with Gasteiger partial charge < -0.3 is 9.64 Å². The van der Waals surface area contributed by atoms with Crippen LogP contribution in [-0.2, 0) is 13.2 Å². The van der Waals surface area contributed by atoms with Crippen LogP contribution in [0.2, 0.25) is 0 Å². The SMILES string of the molecule is Cc1ccc(CN(C)C)cc1-n1c(C)cc(OCc2ccc(F)cc2F)c(Br)c1=O.Cl. The van der Waals surface area contributed by atoms with Crippen molar-refractivity contribution in [2.45, 2.75) is 27.0 Å². The van der Waals surface area contributed by atoms with Gasteiger partial charge in [-0.3, -0.25) is 9.36 Å². The maximum absolute atomic E-state index is 13.9. The number of halogens is 4. The molecule has 0 atom stereocenters. The molecule has 4 nitrogen and oxygen atoms in total. The molecule has 0 fully saturated rings. The number of hydrogen-bond acceptors (Lipinski definition) is 3. The minimum Gasteiger partial charge on any atom is -0.487 e. The van der Waals surface area contributed by atoms with E-state index in [1.54, 1.807) is 10.6 Å². The molecule has 0 unspecified atom stereocenters. The molecular formula is C23H24BrClF2N2O2. The fourth-order valence-corrected chi connectivity index (χ4v) is 3.65. The number of aromatic nitrogens is 1. The summed E-state index contributed by atoms with van der Waals surface area (Å²) in [5.41, 5.74) is 3.48. The van der Waals surface area contributed by atoms with Gasteiger partial charge >= 0.3 is 0 Å². The van der Waals surface area contributed by atoms with Gasteiger partial charge in [-0.05, 0) is 73.2 Å². The minimum absolute atomic E-state index is 0. The predicted molar refractivity (Wildman–Crippen MR) is 125 cm³/mol. The second kappa shape index (κ2) is 10.4. The number of hydrogen-bond donors (Lipinski definition) is 0. The fraction of sp³-hybridized carbons (Fsp3) is 0.261. The van der Waals surface area contributed by atoms with Gasteiger partial charge in [-0.2, -0.15) is 0 Å². The normalized spacial score (nSPS) is 10.8. The summed E-state index contributed by atoms with van der Waals surface area (Å²) in [5, 5.41) is 0. The molecule has 0 saturated carbocycles. The zero-order chi connectivity index (χ0) is 22.0. The second-order valence-electron chi connectivity index (χ2n) is 7.49. The molecule has 0 aliphatic heterocycles. The summed E-state index contributed by atoms with van der Waals surface area (Å²) in [5.74, 6) is -1.04. The Labute approximate surface area is 195 Å². The van der Waals surface area contributed by atoms with Crippen LogP contribution >= 0.6 is 28.3 Å². The Kier molecular flexibility index (Phi) is 8.40. The van der Waals surface area contributed by atoms with Crippen LogP contribution < -0.4 is 10.3 Å². The maximum atomic E-state index is 13.9. The van der Waals surface area contributed by atoms with Gasteiger partial charge in [-0.15, -0.1) is 12.4 Å². The van der Waals surface area contributed by atoms with Crippen LogP contribution in [0.4, 0.5) is 8.78 Å². The van der Waals surface area contributed by atoms with Crippen molar-refractivity contribution in [1.82, 2.24) is 9.47 Å². The number of rotatable bonds is 6. The summed E-state index contributed by atoms with van der Waals surface area (Å²) in [7, 11) is 3.98. The first-order valence-electron chi connectivity index (χ1n) is 9.41. The van der Waals surface area contributed by atoms with Crippen molar-refractivity contribution >= 4 is 28.3 Å². The molecule has 1 heterocycles. The van der Waals surface area contributed by atoms with Crippen molar-refractivity contribution in [1.29, 1.82) is 0 Å². The molecule has 0 aliphatic rings. The summed E-state index contributed by atoms with van der Waals surface area (Å²) >= 11 is 3.33. The topological polar surface area (TPSA) is 34.5 Å². The number of aryl methyl sites for hydroxylation is 2. The van der Waals surface area contributed by atoms with Gasteiger partial charge in [0, 0.05) is 29.9 Å². The molecule has 31 heavy (non-hydrogen) atoms. The van der Waals surface area contributed by atoms with Gasteiger partial charge in [0.15, 0.2) is 0 Å². The highest BCUT2D eigenvalue weighted by Gasteiger charge is 2.16. The van der Waals surface area contributed by atoms with E-state index in [1.165, 1.54) is 12.1 Å². The number of benzene rings is 2. The highest BCUT2D eigenvalue weighted by Crippen LogP contribution is 2.26. The fourth-order valence-electron chi connectivity index (χ4n) is 3.24. The monoisotopic (exact) mass is 512 g/mol. The van der Waals surface area contributed by atoms with E-state index in [4.69, 9.17) is 4.74 Å². The van der Waals surface area contributed by atoms with Crippen molar-refractivity contribution < 1.29 is 13.5 Å². The molecule has 0 amide bonds. The van der Waals surface area contributed by atoms with Gasteiger partial charge in [0.2, 0.25) is 0 Å². The van der Waals surface area contributed by atoms with Crippen LogP contribution in [-0.4, -0.2) is 23.6 Å². The van der Waals surface area contributed by atoms with Crippen LogP contribution in [0, 0.1) is 25.5 Å². The molecule has 0 radical (unpaired) electrons. The maximum Gasteiger partial charge on any atom is 0.273 e. The third kappa shape index (κ3) is 5.73. The lowest BCUT2D eigenvalue weighted by atomic mass is 10.1. The number of ether oxygens (including phenoxy) is 1. The highest BCUT2D eigenvalue weighted by molar-refractivity contribution is 9.10. The van der Waals surface area contributed by atoms with Crippen molar-refractivity contribution in [3.63, 3.8) is 0 Å². The quantitative estimate of drug-likeness (QED) is 0.433. The largest absolute Gasteiger partial charge is 0.487 e. The molecule has 0 bridgehead atoms. The Hall–Kier alpha value is -2.22. The van der Waals surface area contributed by atoms with Crippen molar-refractivity contribution in [2.24, 2.45) is 0 Å². The third-order valence-electron chi connectivity index (χ3n) is 4.71. The predicted octanol–water partition coefficient (Wildman–Crippen LogP) is 5.56. The van der Waals surface area contributed by atoms with E-state index in [0.717, 1.165) is 29.4 Å². The first kappa shape index (κ1) is 25.0. The van der Waals surface area contributed by atoms with E-state index in [-0.39, 0.29) is 34.6 Å². The average molecular weight is 514 g/mol. The summed E-state index contributed by atoms with van der Waals surface area (Å²) < 4.78 is 34.5. The van der Waals surface area contributed by atoms with Crippen LogP contribution in [0.25, 0.3) is 5.69 Å². The summed E-state index contributed by atoms with van der Waals surface area (Å²) in [4.78, 5) is 15.2. The molecule has 1 aromatic heterocycles. The van der Waals surface area contributed by atoms with Gasteiger partial charge in [0.05, 0.1) is 5.69 Å². The molecule has 2 aromatic carbocycles. The molecule has 8 heteroatoms. The Morgan fingerprint density at radius 2 is 1.77 bits per heavy atom. The zero-order valence-electron chi connectivity index (χ0n) is 17.7. The molecule has 0 spiro atoms. The summed E-state index contributed by atoms with van der Waals surface area (Å²) in [6, 6.07) is 11.1. The van der Waals surface area contributed by atoms with E-state index in [1.807, 2.05) is 46.1 Å². The molecule has 166 valence electrons. The van der Waals surface area contributed by atoms with Crippen molar-refractivity contribution in [3.05, 3.63) is 91.3 Å². The van der Waals surface area contributed by atoms with Crippen LogP contribution in [0.5, 0.6) is 5.75 Å². The zero-order valence-corrected chi connectivity index (χ0v) is 20.1. The molecule has 3 rings (SSSR count). The van der Waals surface area contributed by atoms with Crippen LogP contribution in [0.3, 0.4) is 0 Å². The van der Waals surface area contributed by atoms with Crippen molar-refractivity contribution in [3.8, 4) is 11.4 Å². The number of pyridine rings is 1.